The Labute approximate surface area is 629 Å². The molecule has 2 aromatic carbocycles. The van der Waals surface area contributed by atoms with Gasteiger partial charge in [0.25, 0.3) is 0 Å². The lowest BCUT2D eigenvalue weighted by Gasteiger charge is -2.33. The summed E-state index contributed by atoms with van der Waals surface area (Å²) in [5.41, 5.74) is 0.416. The first kappa shape index (κ1) is 91.3. The first-order chi connectivity index (χ1) is 50.2. The number of methoxy groups -OCH3 is 1. The van der Waals surface area contributed by atoms with E-state index in [9.17, 15) is 58.8 Å². The number of piperidine rings is 4. The second-order valence-corrected chi connectivity index (χ2v) is 28.6. The Hall–Kier alpha value is -6.96. The van der Waals surface area contributed by atoms with Crippen LogP contribution in [0.5, 0.6) is 0 Å². The number of hydrogen-bond donors (Lipinski definition) is 8. The second kappa shape index (κ2) is 57.3. The van der Waals surface area contributed by atoms with Gasteiger partial charge in [-0.3, -0.25) is 28.8 Å². The van der Waals surface area contributed by atoms with Crippen LogP contribution in [-0.4, -0.2) is 239 Å². The summed E-state index contributed by atoms with van der Waals surface area (Å²) in [7, 11) is 1.63. The highest BCUT2D eigenvalue weighted by atomic mass is 32.2. The predicted molar refractivity (Wildman–Crippen MR) is 409 cm³/mol. The van der Waals surface area contributed by atoms with Crippen LogP contribution in [-0.2, 0) is 58.9 Å². The Balaban J connectivity index is 0.000000360. The Bertz CT molecular complexity index is 2850. The number of carboxylic acids is 3. The number of thioether (sulfide) groups is 4. The third kappa shape index (κ3) is 43.5. The van der Waals surface area contributed by atoms with Crippen LogP contribution >= 0.6 is 47.0 Å². The molecule has 8 N–H and O–H groups in total. The van der Waals surface area contributed by atoms with Gasteiger partial charge in [-0.2, -0.15) is 0 Å². The van der Waals surface area contributed by atoms with Crippen LogP contribution in [0.3, 0.4) is 0 Å². The van der Waals surface area contributed by atoms with Gasteiger partial charge in [-0.15, -0.1) is 23.5 Å². The molecule has 2 aromatic rings. The number of aliphatic hydroxyl groups is 4. The van der Waals surface area contributed by atoms with Gasteiger partial charge in [0.05, 0.1) is 86.5 Å². The van der Waals surface area contributed by atoms with Gasteiger partial charge in [0.15, 0.2) is 0 Å². The summed E-state index contributed by atoms with van der Waals surface area (Å²) in [4.78, 5) is 98.6. The maximum absolute atomic E-state index is 12.3. The second-order valence-electron chi connectivity index (χ2n) is 24.2. The zero-order valence-electron chi connectivity index (χ0n) is 59.7. The van der Waals surface area contributed by atoms with Gasteiger partial charge in [0.2, 0.25) is 23.6 Å². The largest absolute Gasteiger partial charge is 0.501 e. The van der Waals surface area contributed by atoms with Crippen LogP contribution in [0.2, 0.25) is 0 Å². The van der Waals surface area contributed by atoms with Gasteiger partial charge >= 0.3 is 23.2 Å². The van der Waals surface area contributed by atoms with Crippen molar-refractivity contribution in [2.24, 2.45) is 0 Å². The smallest absolute Gasteiger partial charge is 0.365 e. The lowest BCUT2D eigenvalue weighted by molar-refractivity contribution is -0.142. The molecule has 4 aliphatic heterocycles. The fraction of sp³-hybridized carbons (Fsp3) is 0.526. The minimum atomic E-state index is -1.01. The number of ether oxygens (including phenoxy) is 4. The topological polar surface area (TPSA) is 348 Å². The fourth-order valence-electron chi connectivity index (χ4n) is 10.8. The average molecular weight is 1530 g/mol. The monoisotopic (exact) mass is 1520 g/mol. The van der Waals surface area contributed by atoms with E-state index in [1.165, 1.54) is 41.5 Å². The molecule has 8 atom stereocenters. The molecule has 4 heterocycles. The minimum absolute atomic E-state index is 0.0142. The number of amides is 4. The van der Waals surface area contributed by atoms with E-state index in [1.54, 1.807) is 59.4 Å². The molecule has 4 unspecified atom stereocenters. The molecule has 4 aliphatic rings. The highest BCUT2D eigenvalue weighted by Crippen LogP contribution is 2.27. The van der Waals surface area contributed by atoms with Crippen molar-refractivity contribution in [3.05, 3.63) is 162 Å². The summed E-state index contributed by atoms with van der Waals surface area (Å²) in [6, 6.07) is 19.4. The predicted octanol–water partition coefficient (Wildman–Crippen LogP) is 11.0. The van der Waals surface area contributed by atoms with Crippen LogP contribution in [0.1, 0.15) is 122 Å². The number of rotatable bonds is 43. The molecule has 0 spiro atoms. The standard InChI is InChI=1S/2C20H25NO4S2.2C18H29NO6/c22-18-9-4-6-16(21(18)13-5-14-26-15-12-19(23)24)10-11-20(25)27-17-7-2-1-3-8-17;22-18(14-16-6-2-1-3-7-16)11-10-17-8-4-9-19(23)21(17)12-5-13-26-15-27-20(24)25;1-24-12-3-6-16(20)9-8-15-5-2-7-17(21)19(15)11-4-13-25-14-10-18(22)23;1-2-11-24-13-16(20)9-8-15-6-5-7-17(21)19(15)10-3-4-12-25-14-18(22)23/h1-3,5,7-8,10-11,14,16,20,25H,4,6,9,12-13,15H2,(H,23,24);1-3,5-7,10-11,13,17-18,22H,4,8-9,12,14-15H2,(H,24,25);4,8-9,13,15-16,20H,2-3,5-7,10-12,14H2,1H3,(H,22,23);3-4,8-9,15-16,20H,2,5-7,10-14H2,1H3,(H,22,23)/t16-,20?;17-,18?;2*15-,16?/m1111/s1. The number of hydrogen-bond acceptors (Lipinski definition) is 20. The van der Waals surface area contributed by atoms with Gasteiger partial charge in [0, 0.05) is 89.3 Å². The van der Waals surface area contributed by atoms with Crippen LogP contribution in [0, 0.1) is 0 Å². The molecule has 0 bridgehead atoms. The van der Waals surface area contributed by atoms with E-state index in [4.69, 9.17) is 39.4 Å². The fourth-order valence-corrected chi connectivity index (χ4v) is 13.4. The summed E-state index contributed by atoms with van der Waals surface area (Å²) < 4.78 is 20.3. The number of likely N-dealkylation sites (tertiary alicyclic amines) is 4. The highest BCUT2D eigenvalue weighted by Gasteiger charge is 2.29. The molecule has 6 rings (SSSR count). The van der Waals surface area contributed by atoms with E-state index in [0.717, 1.165) is 86.4 Å². The van der Waals surface area contributed by atoms with Gasteiger partial charge in [0.1, 0.15) is 12.0 Å². The summed E-state index contributed by atoms with van der Waals surface area (Å²) in [6.07, 6.45) is 35.2. The lowest BCUT2D eigenvalue weighted by atomic mass is 9.99. The van der Waals surface area contributed by atoms with Crippen molar-refractivity contribution in [2.75, 3.05) is 83.8 Å². The third-order valence-corrected chi connectivity index (χ3v) is 19.3. The summed E-state index contributed by atoms with van der Waals surface area (Å²) in [5, 5.41) is 77.7. The van der Waals surface area contributed by atoms with E-state index in [0.29, 0.717) is 88.8 Å². The SMILES string of the molecule is CCCOCC(O)C=C[C@H]1CCCC(=O)N1CC=CCOCC(=O)O.COCCCC(O)C=C[C@H]1CCCC(=O)N1CC=COCCC(=O)O.O=C(O)CCSC=CCN1C(=O)CCC[C@@H]1C=CC(O)Sc1ccccc1.O=C(O)SCSC=CCN1C(=O)CCC[C@@H]1C=CC(O)Cc1ccccc1. The van der Waals surface area contributed by atoms with E-state index >= 15 is 0 Å². The molecule has 24 nitrogen and oxygen atoms in total. The van der Waals surface area contributed by atoms with E-state index < -0.39 is 47.0 Å². The van der Waals surface area contributed by atoms with Crippen LogP contribution in [0.4, 0.5) is 4.79 Å². The normalized spacial score (nSPS) is 19.4. The number of carbonyl (C=O) groups excluding carboxylic acids is 4. The molecule has 0 aromatic heterocycles. The molecule has 0 aliphatic carbocycles. The zero-order chi connectivity index (χ0) is 76.0. The molecule has 28 heteroatoms. The molecule has 4 fully saturated rings. The first-order valence-electron chi connectivity index (χ1n) is 35.2. The number of nitrogens with zero attached hydrogens (tertiary/aromatic N) is 4. The van der Waals surface area contributed by atoms with Crippen LogP contribution in [0.25, 0.3) is 0 Å². The van der Waals surface area contributed by atoms with Gasteiger partial charge in [-0.05, 0) is 123 Å². The minimum Gasteiger partial charge on any atom is -0.501 e. The number of aliphatic hydroxyl groups excluding tert-OH is 4. The molecular formula is C76H108N4O20S4. The molecule has 0 radical (unpaired) electrons. The van der Waals surface area contributed by atoms with E-state index in [-0.39, 0.29) is 87.1 Å². The Morgan fingerprint density at radius 1 is 0.548 bits per heavy atom. The quantitative estimate of drug-likeness (QED) is 0.0100. The van der Waals surface area contributed by atoms with E-state index in [2.05, 4.69) is 0 Å². The first-order valence-corrected chi connectivity index (χ1v) is 39.2. The van der Waals surface area contributed by atoms with Gasteiger partial charge < -0.3 is 79.4 Å². The summed E-state index contributed by atoms with van der Waals surface area (Å²) in [6.45, 7) is 5.30. The van der Waals surface area contributed by atoms with Crippen LogP contribution < -0.4 is 0 Å². The van der Waals surface area contributed by atoms with Crippen LogP contribution in [0.15, 0.2) is 162 Å². The number of benzene rings is 2. The maximum atomic E-state index is 12.3. The van der Waals surface area contributed by atoms with Crippen molar-refractivity contribution in [1.82, 2.24) is 19.6 Å². The Kier molecular flexibility index (Phi) is 50.3. The van der Waals surface area contributed by atoms with Crippen molar-refractivity contribution < 1.29 is 98.2 Å². The van der Waals surface area contributed by atoms with Crippen molar-refractivity contribution in [3.8, 4) is 0 Å². The van der Waals surface area contributed by atoms with Crippen molar-refractivity contribution >= 4 is 93.9 Å². The Morgan fingerprint density at radius 3 is 1.55 bits per heavy atom. The van der Waals surface area contributed by atoms with Gasteiger partial charge in [-0.25, -0.2) is 9.59 Å². The average Bonchev–Trinajstić information content (AvgIpc) is 0.877. The van der Waals surface area contributed by atoms with Crippen molar-refractivity contribution in [2.45, 2.75) is 175 Å². The van der Waals surface area contributed by atoms with Crippen molar-refractivity contribution in [1.29, 1.82) is 0 Å². The van der Waals surface area contributed by atoms with E-state index in [1.807, 2.05) is 125 Å². The molecule has 4 saturated heterocycles. The summed E-state index contributed by atoms with van der Waals surface area (Å²) in [5.74, 6) is -1.83. The third-order valence-electron chi connectivity index (χ3n) is 15.9. The highest BCUT2D eigenvalue weighted by molar-refractivity contribution is 8.24. The molecule has 104 heavy (non-hydrogen) atoms. The number of aliphatic carboxylic acids is 3. The van der Waals surface area contributed by atoms with Crippen molar-refractivity contribution in [3.63, 3.8) is 0 Å². The molecule has 576 valence electrons. The van der Waals surface area contributed by atoms with Gasteiger partial charge in [-0.1, -0.05) is 134 Å². The lowest BCUT2D eigenvalue weighted by Crippen LogP contribution is -2.42. The summed E-state index contributed by atoms with van der Waals surface area (Å²) >= 11 is 5.03. The number of carboxylic acid groups (broad SMARTS) is 4. The zero-order valence-corrected chi connectivity index (χ0v) is 63.0. The molecular weight excluding hydrogens is 1420 g/mol. The molecule has 0 saturated carbocycles. The Morgan fingerprint density at radius 2 is 1.04 bits per heavy atom. The molecule has 4 amide bonds. The maximum Gasteiger partial charge on any atom is 0.365 e. The number of carbonyl (C=O) groups is 8.